The number of carboxylic acids is 1. The number of hydrogen-bond acceptors (Lipinski definition) is 4. The molecule has 1 aliphatic carbocycles. The largest absolute Gasteiger partial charge is 0.573 e. The molecule has 0 aliphatic heterocycles. The van der Waals surface area contributed by atoms with Crippen molar-refractivity contribution in [1.82, 2.24) is 9.78 Å². The summed E-state index contributed by atoms with van der Waals surface area (Å²) in [4.78, 5) is 25.0. The summed E-state index contributed by atoms with van der Waals surface area (Å²) in [7, 11) is 0. The van der Waals surface area contributed by atoms with E-state index in [1.165, 1.54) is 22.9 Å². The second-order valence-corrected chi connectivity index (χ2v) is 9.69. The molecule has 11 heteroatoms. The number of aromatic carboxylic acids is 1. The highest BCUT2D eigenvalue weighted by molar-refractivity contribution is 6.02. The van der Waals surface area contributed by atoms with E-state index in [2.05, 4.69) is 15.2 Å². The molecule has 1 fully saturated rings. The van der Waals surface area contributed by atoms with Crippen LogP contribution in [0.1, 0.15) is 55.1 Å². The second-order valence-electron chi connectivity index (χ2n) is 9.69. The number of carboxylic acid groups (broad SMARTS) is 1. The van der Waals surface area contributed by atoms with Crippen molar-refractivity contribution in [2.45, 2.75) is 50.8 Å². The molecular formula is C25H23F4N3O4. The van der Waals surface area contributed by atoms with Gasteiger partial charge in [0.15, 0.2) is 0 Å². The van der Waals surface area contributed by atoms with Crippen LogP contribution in [0.15, 0.2) is 48.8 Å². The van der Waals surface area contributed by atoms with E-state index < -0.39 is 35.2 Å². The zero-order chi connectivity index (χ0) is 26.5. The minimum atomic E-state index is -4.97. The van der Waals surface area contributed by atoms with Gasteiger partial charge in [-0.25, -0.2) is 13.9 Å². The van der Waals surface area contributed by atoms with Gasteiger partial charge in [0.25, 0.3) is 0 Å². The van der Waals surface area contributed by atoms with Crippen molar-refractivity contribution in [2.75, 3.05) is 5.32 Å². The van der Waals surface area contributed by atoms with E-state index in [-0.39, 0.29) is 35.1 Å². The number of halogens is 4. The lowest BCUT2D eigenvalue weighted by Gasteiger charge is -2.18. The van der Waals surface area contributed by atoms with Crippen LogP contribution in [0.3, 0.4) is 0 Å². The highest BCUT2D eigenvalue weighted by atomic mass is 19.4. The highest BCUT2D eigenvalue weighted by Crippen LogP contribution is 2.50. The van der Waals surface area contributed by atoms with E-state index in [9.17, 15) is 32.3 Å². The van der Waals surface area contributed by atoms with Crippen LogP contribution in [0.5, 0.6) is 5.75 Å². The fraction of sp³-hybridized carbons (Fsp3) is 0.320. The number of amides is 1. The fourth-order valence-electron chi connectivity index (χ4n) is 3.90. The lowest BCUT2D eigenvalue weighted by molar-refractivity contribution is -0.274. The number of ether oxygens (including phenoxy) is 1. The third-order valence-corrected chi connectivity index (χ3v) is 6.05. The second kappa shape index (κ2) is 8.65. The van der Waals surface area contributed by atoms with Crippen LogP contribution in [-0.4, -0.2) is 33.1 Å². The summed E-state index contributed by atoms with van der Waals surface area (Å²) in [6.07, 6.45) is -1.03. The normalized spacial score (nSPS) is 14.9. The summed E-state index contributed by atoms with van der Waals surface area (Å²) < 4.78 is 57.1. The van der Waals surface area contributed by atoms with E-state index >= 15 is 0 Å². The number of carbonyl (C=O) groups excluding carboxylic acids is 1. The molecule has 1 aliphatic rings. The van der Waals surface area contributed by atoms with E-state index in [0.29, 0.717) is 11.8 Å². The number of benzene rings is 2. The Morgan fingerprint density at radius 1 is 1.11 bits per heavy atom. The van der Waals surface area contributed by atoms with Crippen molar-refractivity contribution in [3.63, 3.8) is 0 Å². The average Bonchev–Trinajstić information content (AvgIpc) is 3.39. The van der Waals surface area contributed by atoms with Crippen molar-refractivity contribution < 1.29 is 37.0 Å². The fourth-order valence-corrected chi connectivity index (χ4v) is 3.90. The number of hydrogen-bond donors (Lipinski definition) is 2. The predicted octanol–water partition coefficient (Wildman–Crippen LogP) is 5.58. The zero-order valence-electron chi connectivity index (χ0n) is 19.6. The van der Waals surface area contributed by atoms with Crippen molar-refractivity contribution >= 4 is 17.6 Å². The monoisotopic (exact) mass is 505 g/mol. The first-order chi connectivity index (χ1) is 16.7. The molecule has 0 saturated heterocycles. The first-order valence-corrected chi connectivity index (χ1v) is 11.0. The summed E-state index contributed by atoms with van der Waals surface area (Å²) in [6.45, 7) is 6.00. The Bertz CT molecular complexity index is 1340. The number of rotatable bonds is 6. The molecule has 2 aromatic carbocycles. The summed E-state index contributed by atoms with van der Waals surface area (Å²) in [5.41, 5.74) is -0.263. The number of alkyl halides is 3. The number of anilines is 1. The molecule has 190 valence electrons. The summed E-state index contributed by atoms with van der Waals surface area (Å²) >= 11 is 0. The standard InChI is InChI=1S/C25H23F4N3O4/c1-23(2,3)14-12-30-32(13-14)20-7-4-15(10-17(20)21(33)34)31-22(35)24(8-9-24)18-6-5-16(11-19(18)26)36-25(27,28)29/h4-7,10-13H,8-9H2,1-3H3,(H,31,35)(H,33,34). The van der Waals surface area contributed by atoms with Crippen molar-refractivity contribution in [3.8, 4) is 11.4 Å². The van der Waals surface area contributed by atoms with Gasteiger partial charge in [-0.05, 0) is 48.1 Å². The lowest BCUT2D eigenvalue weighted by atomic mass is 9.90. The maximum atomic E-state index is 14.6. The minimum absolute atomic E-state index is 0.0594. The minimum Gasteiger partial charge on any atom is -0.478 e. The van der Waals surface area contributed by atoms with E-state index in [4.69, 9.17) is 0 Å². The van der Waals surface area contributed by atoms with Gasteiger partial charge in [-0.15, -0.1) is 13.2 Å². The molecule has 4 rings (SSSR count). The van der Waals surface area contributed by atoms with Gasteiger partial charge < -0.3 is 15.2 Å². The topological polar surface area (TPSA) is 93.5 Å². The quantitative estimate of drug-likeness (QED) is 0.427. The molecule has 0 spiro atoms. The molecule has 7 nitrogen and oxygen atoms in total. The SMILES string of the molecule is CC(C)(C)c1cnn(-c2ccc(NC(=O)C3(c4ccc(OC(F)(F)F)cc4F)CC3)cc2C(=O)O)c1. The summed E-state index contributed by atoms with van der Waals surface area (Å²) in [5, 5.41) is 16.6. The van der Waals surface area contributed by atoms with Gasteiger partial charge in [0.1, 0.15) is 11.6 Å². The van der Waals surface area contributed by atoms with Crippen LogP contribution < -0.4 is 10.1 Å². The molecule has 0 radical (unpaired) electrons. The molecule has 0 bridgehead atoms. The average molecular weight is 505 g/mol. The molecule has 0 atom stereocenters. The molecule has 2 N–H and O–H groups in total. The van der Waals surface area contributed by atoms with Gasteiger partial charge >= 0.3 is 12.3 Å². The van der Waals surface area contributed by atoms with Gasteiger partial charge in [-0.2, -0.15) is 5.10 Å². The van der Waals surface area contributed by atoms with Crippen molar-refractivity contribution in [3.05, 3.63) is 71.3 Å². The predicted molar refractivity (Wildman–Crippen MR) is 122 cm³/mol. The number of carbonyl (C=O) groups is 2. The number of nitrogens with zero attached hydrogens (tertiary/aromatic N) is 2. The highest BCUT2D eigenvalue weighted by Gasteiger charge is 2.53. The van der Waals surface area contributed by atoms with Gasteiger partial charge in [0.05, 0.1) is 22.9 Å². The Hall–Kier alpha value is -3.89. The molecule has 1 heterocycles. The van der Waals surface area contributed by atoms with Gasteiger partial charge in [-0.1, -0.05) is 26.8 Å². The van der Waals surface area contributed by atoms with Crippen LogP contribution in [-0.2, 0) is 15.6 Å². The molecule has 1 aromatic heterocycles. The zero-order valence-corrected chi connectivity index (χ0v) is 19.6. The van der Waals surface area contributed by atoms with Crippen molar-refractivity contribution in [2.24, 2.45) is 0 Å². The number of aromatic nitrogens is 2. The Morgan fingerprint density at radius 3 is 2.33 bits per heavy atom. The number of nitrogens with one attached hydrogen (secondary N) is 1. The van der Waals surface area contributed by atoms with Gasteiger partial charge in [0, 0.05) is 23.5 Å². The smallest absolute Gasteiger partial charge is 0.478 e. The van der Waals surface area contributed by atoms with Gasteiger partial charge in [0.2, 0.25) is 5.91 Å². The van der Waals surface area contributed by atoms with Crippen LogP contribution in [0.25, 0.3) is 5.69 Å². The molecule has 0 unspecified atom stereocenters. The summed E-state index contributed by atoms with van der Waals surface area (Å²) in [5.74, 6) is -3.56. The molecule has 1 saturated carbocycles. The van der Waals surface area contributed by atoms with Crippen LogP contribution >= 0.6 is 0 Å². The molecule has 3 aromatic rings. The lowest BCUT2D eigenvalue weighted by Crippen LogP contribution is -2.29. The first kappa shape index (κ1) is 25.2. The third kappa shape index (κ3) is 5.05. The molecular weight excluding hydrogens is 482 g/mol. The van der Waals surface area contributed by atoms with E-state index in [0.717, 1.165) is 17.7 Å². The van der Waals surface area contributed by atoms with Crippen LogP contribution in [0.4, 0.5) is 23.2 Å². The van der Waals surface area contributed by atoms with Gasteiger partial charge in [-0.3, -0.25) is 4.79 Å². The summed E-state index contributed by atoms with van der Waals surface area (Å²) in [6, 6.07) is 6.92. The molecule has 1 amide bonds. The Kier molecular flexibility index (Phi) is 6.06. The molecule has 36 heavy (non-hydrogen) atoms. The van der Waals surface area contributed by atoms with Crippen LogP contribution in [0.2, 0.25) is 0 Å². The Labute approximate surface area is 203 Å². The maximum Gasteiger partial charge on any atom is 0.573 e. The maximum absolute atomic E-state index is 14.6. The van der Waals surface area contributed by atoms with E-state index in [1.54, 1.807) is 12.4 Å². The van der Waals surface area contributed by atoms with E-state index in [1.807, 2.05) is 20.8 Å². The Morgan fingerprint density at radius 2 is 1.81 bits per heavy atom. The Balaban J connectivity index is 1.58. The third-order valence-electron chi connectivity index (χ3n) is 6.05. The van der Waals surface area contributed by atoms with Crippen molar-refractivity contribution in [1.29, 1.82) is 0 Å². The van der Waals surface area contributed by atoms with Crippen LogP contribution in [0, 0.1) is 5.82 Å². The first-order valence-electron chi connectivity index (χ1n) is 11.0.